The van der Waals surface area contributed by atoms with Crippen LogP contribution in [0.3, 0.4) is 0 Å². The summed E-state index contributed by atoms with van der Waals surface area (Å²) in [6.07, 6.45) is 11.8. The summed E-state index contributed by atoms with van der Waals surface area (Å²) in [5.41, 5.74) is 2.07. The van der Waals surface area contributed by atoms with Gasteiger partial charge >= 0.3 is 0 Å². The first-order valence-corrected chi connectivity index (χ1v) is 8.47. The molecule has 0 atom stereocenters. The van der Waals surface area contributed by atoms with E-state index in [2.05, 4.69) is 0 Å². The summed E-state index contributed by atoms with van der Waals surface area (Å²) in [6, 6.07) is 2.93. The highest BCUT2D eigenvalue weighted by atomic mass is 32.1. The summed E-state index contributed by atoms with van der Waals surface area (Å²) >= 11 is 2.57. The van der Waals surface area contributed by atoms with Gasteiger partial charge in [-0.15, -0.1) is 22.7 Å². The van der Waals surface area contributed by atoms with Crippen LogP contribution in [0.25, 0.3) is 15.3 Å². The Kier molecular flexibility index (Phi) is 4.23. The zero-order chi connectivity index (χ0) is 15.7. The van der Waals surface area contributed by atoms with Gasteiger partial charge in [0.25, 0.3) is 0 Å². The predicted octanol–water partition coefficient (Wildman–Crippen LogP) is 6.52. The van der Waals surface area contributed by atoms with Crippen molar-refractivity contribution in [1.29, 1.82) is 0 Å². The van der Waals surface area contributed by atoms with Gasteiger partial charge in [-0.3, -0.25) is 0 Å². The molecular formula is C18H14F2S2. The van der Waals surface area contributed by atoms with E-state index < -0.39 is 0 Å². The molecule has 2 heterocycles. The van der Waals surface area contributed by atoms with Crippen molar-refractivity contribution in [3.63, 3.8) is 0 Å². The molecule has 0 aliphatic heterocycles. The zero-order valence-corrected chi connectivity index (χ0v) is 13.8. The molecule has 1 aliphatic rings. The Labute approximate surface area is 136 Å². The summed E-state index contributed by atoms with van der Waals surface area (Å²) in [7, 11) is 0. The van der Waals surface area contributed by atoms with Crippen LogP contribution in [0.15, 0.2) is 54.2 Å². The van der Waals surface area contributed by atoms with Crippen molar-refractivity contribution >= 4 is 28.2 Å². The molecule has 0 N–H and O–H groups in total. The molecular weight excluding hydrogens is 318 g/mol. The monoisotopic (exact) mass is 332 g/mol. The quantitative estimate of drug-likeness (QED) is 0.587. The van der Waals surface area contributed by atoms with E-state index in [1.165, 1.54) is 34.8 Å². The Hall–Kier alpha value is -1.78. The maximum Gasteiger partial charge on any atom is 0.143 e. The van der Waals surface area contributed by atoms with Gasteiger partial charge in [0.15, 0.2) is 0 Å². The number of thiophene rings is 2. The van der Waals surface area contributed by atoms with Crippen molar-refractivity contribution in [2.45, 2.75) is 13.8 Å². The van der Waals surface area contributed by atoms with E-state index in [0.717, 1.165) is 20.9 Å². The van der Waals surface area contributed by atoms with Crippen LogP contribution in [0.4, 0.5) is 8.78 Å². The lowest BCUT2D eigenvalue weighted by molar-refractivity contribution is 0.623. The Morgan fingerprint density at radius 3 is 2.23 bits per heavy atom. The van der Waals surface area contributed by atoms with Gasteiger partial charge in [-0.1, -0.05) is 42.0 Å². The standard InChI is InChI=1S/C18H14F2S2/c1-11-5-3-7-13(8-4-6-11)16-10-15(20)18(22-16)17-14(19)9-12(2)21-17/h3-10H,1-2H3/b5-3-,6-4?,7-3?,8-4-,11-5?,11-6-,13-7+,13-8?. The SMILES string of the molecule is CC1=C/C=C\C(c2cc(F)c(-c3sc(C)cc3F)s2)=C/C=C\1. The average Bonchev–Trinajstić information content (AvgIpc) is 2.96. The first-order chi connectivity index (χ1) is 10.5. The molecule has 0 saturated heterocycles. The molecule has 0 bridgehead atoms. The molecule has 0 fully saturated rings. The van der Waals surface area contributed by atoms with Crippen LogP contribution in [-0.2, 0) is 0 Å². The third kappa shape index (κ3) is 3.03. The van der Waals surface area contributed by atoms with E-state index in [1.54, 1.807) is 0 Å². The highest BCUT2D eigenvalue weighted by Crippen LogP contribution is 2.40. The van der Waals surface area contributed by atoms with Crippen LogP contribution in [0.5, 0.6) is 0 Å². The van der Waals surface area contributed by atoms with E-state index in [4.69, 9.17) is 0 Å². The largest absolute Gasteiger partial charge is 0.205 e. The predicted molar refractivity (Wildman–Crippen MR) is 92.3 cm³/mol. The maximum absolute atomic E-state index is 14.3. The number of aryl methyl sites for hydroxylation is 1. The van der Waals surface area contributed by atoms with Gasteiger partial charge in [-0.2, -0.15) is 0 Å². The van der Waals surface area contributed by atoms with Crippen molar-refractivity contribution in [3.05, 3.63) is 75.6 Å². The number of hydrogen-bond donors (Lipinski definition) is 0. The van der Waals surface area contributed by atoms with Gasteiger partial charge in [-0.25, -0.2) is 8.78 Å². The van der Waals surface area contributed by atoms with E-state index in [1.807, 2.05) is 50.3 Å². The Balaban J connectivity index is 2.01. The Bertz CT molecular complexity index is 829. The lowest BCUT2D eigenvalue weighted by atomic mass is 10.1. The van der Waals surface area contributed by atoms with E-state index in [-0.39, 0.29) is 11.6 Å². The molecule has 0 spiro atoms. The van der Waals surface area contributed by atoms with Crippen LogP contribution in [0, 0.1) is 18.6 Å². The molecule has 0 radical (unpaired) electrons. The van der Waals surface area contributed by atoms with Gasteiger partial charge in [0.2, 0.25) is 0 Å². The van der Waals surface area contributed by atoms with Crippen molar-refractivity contribution in [1.82, 2.24) is 0 Å². The third-order valence-electron chi connectivity index (χ3n) is 3.26. The second-order valence-electron chi connectivity index (χ2n) is 5.07. The Morgan fingerprint density at radius 2 is 1.50 bits per heavy atom. The van der Waals surface area contributed by atoms with Crippen molar-refractivity contribution in [2.75, 3.05) is 0 Å². The Morgan fingerprint density at radius 1 is 0.818 bits per heavy atom. The van der Waals surface area contributed by atoms with Crippen LogP contribution in [0.1, 0.15) is 16.7 Å². The van der Waals surface area contributed by atoms with E-state index in [0.29, 0.717) is 9.75 Å². The molecule has 3 rings (SSSR count). The maximum atomic E-state index is 14.3. The second kappa shape index (κ2) is 6.15. The molecule has 22 heavy (non-hydrogen) atoms. The number of allylic oxidation sites excluding steroid dienone is 8. The fourth-order valence-corrected chi connectivity index (χ4v) is 4.25. The minimum atomic E-state index is -0.368. The molecule has 1 aliphatic carbocycles. The summed E-state index contributed by atoms with van der Waals surface area (Å²) in [4.78, 5) is 2.40. The fraction of sp³-hybridized carbons (Fsp3) is 0.111. The van der Waals surface area contributed by atoms with Gasteiger partial charge in [-0.05, 0) is 31.6 Å². The highest BCUT2D eigenvalue weighted by molar-refractivity contribution is 7.22. The third-order valence-corrected chi connectivity index (χ3v) is 5.61. The van der Waals surface area contributed by atoms with E-state index in [9.17, 15) is 8.78 Å². The number of rotatable bonds is 2. The molecule has 112 valence electrons. The number of halogens is 2. The lowest BCUT2D eigenvalue weighted by Gasteiger charge is -1.99. The highest BCUT2D eigenvalue weighted by Gasteiger charge is 2.18. The molecule has 0 unspecified atom stereocenters. The van der Waals surface area contributed by atoms with Crippen molar-refractivity contribution in [3.8, 4) is 9.75 Å². The van der Waals surface area contributed by atoms with Gasteiger partial charge in [0.1, 0.15) is 11.6 Å². The minimum absolute atomic E-state index is 0.351. The van der Waals surface area contributed by atoms with Gasteiger partial charge in [0, 0.05) is 9.75 Å². The van der Waals surface area contributed by atoms with Gasteiger partial charge in [0.05, 0.1) is 9.75 Å². The van der Waals surface area contributed by atoms with Crippen LogP contribution < -0.4 is 0 Å². The van der Waals surface area contributed by atoms with Crippen molar-refractivity contribution < 1.29 is 8.78 Å². The van der Waals surface area contributed by atoms with Gasteiger partial charge < -0.3 is 0 Å². The molecule has 0 saturated carbocycles. The van der Waals surface area contributed by atoms with Crippen LogP contribution in [-0.4, -0.2) is 0 Å². The molecule has 0 aromatic carbocycles. The normalized spacial score (nSPS) is 22.2. The molecule has 2 aromatic heterocycles. The van der Waals surface area contributed by atoms with Crippen LogP contribution in [0.2, 0.25) is 0 Å². The molecule has 0 amide bonds. The lowest BCUT2D eigenvalue weighted by Crippen LogP contribution is -1.77. The smallest absolute Gasteiger partial charge is 0.143 e. The second-order valence-corrected chi connectivity index (χ2v) is 7.38. The summed E-state index contributed by atoms with van der Waals surface area (Å²) < 4.78 is 28.1. The molecule has 0 nitrogen and oxygen atoms in total. The molecule has 4 heteroatoms. The number of hydrogen-bond acceptors (Lipinski definition) is 2. The summed E-state index contributed by atoms with van der Waals surface area (Å²) in [5.74, 6) is -0.719. The van der Waals surface area contributed by atoms with Crippen molar-refractivity contribution in [2.24, 2.45) is 0 Å². The van der Waals surface area contributed by atoms with E-state index >= 15 is 0 Å². The van der Waals surface area contributed by atoms with Crippen LogP contribution >= 0.6 is 22.7 Å². The molecule has 2 aromatic rings. The average molecular weight is 332 g/mol. The zero-order valence-electron chi connectivity index (χ0n) is 12.2. The fourth-order valence-electron chi connectivity index (χ4n) is 2.19. The summed E-state index contributed by atoms with van der Waals surface area (Å²) in [6.45, 7) is 3.84. The topological polar surface area (TPSA) is 0 Å². The summed E-state index contributed by atoms with van der Waals surface area (Å²) in [5, 5.41) is 0. The minimum Gasteiger partial charge on any atom is -0.205 e. The first-order valence-electron chi connectivity index (χ1n) is 6.84. The first kappa shape index (κ1) is 15.1.